The minimum absolute atomic E-state index is 0.286. The quantitative estimate of drug-likeness (QED) is 0.582. The van der Waals surface area contributed by atoms with Gasteiger partial charge in [0.15, 0.2) is 0 Å². The number of hydrogen-bond donors (Lipinski definition) is 1. The SMILES string of the molecule is C=C1CN(CNC=O)C=C1c1ccc(N2CCN(S(=C)(C)=O)CC2)c(F)c1. The molecule has 2 aliphatic heterocycles. The molecule has 146 valence electrons. The largest absolute Gasteiger partial charge is 0.367 e. The Hall–Kier alpha value is -2.32. The van der Waals surface area contributed by atoms with Gasteiger partial charge in [-0.25, -0.2) is 8.70 Å². The van der Waals surface area contributed by atoms with E-state index in [4.69, 9.17) is 0 Å². The van der Waals surface area contributed by atoms with Crippen LogP contribution in [0, 0.1) is 5.82 Å². The summed E-state index contributed by atoms with van der Waals surface area (Å²) >= 11 is 0. The van der Waals surface area contributed by atoms with Crippen molar-refractivity contribution >= 4 is 33.2 Å². The lowest BCUT2D eigenvalue weighted by atomic mass is 10.0. The van der Waals surface area contributed by atoms with E-state index in [-0.39, 0.29) is 5.82 Å². The zero-order valence-electron chi connectivity index (χ0n) is 15.5. The molecule has 2 aliphatic rings. The van der Waals surface area contributed by atoms with E-state index < -0.39 is 9.71 Å². The normalized spacial score (nSPS) is 20.4. The molecule has 0 spiro atoms. The molecule has 2 heterocycles. The fourth-order valence-corrected chi connectivity index (χ4v) is 4.37. The predicted molar refractivity (Wildman–Crippen MR) is 109 cm³/mol. The van der Waals surface area contributed by atoms with E-state index in [0.717, 1.165) is 16.7 Å². The summed E-state index contributed by atoms with van der Waals surface area (Å²) in [6.07, 6.45) is 4.17. The summed E-state index contributed by atoms with van der Waals surface area (Å²) in [7, 11) is -2.21. The van der Waals surface area contributed by atoms with Gasteiger partial charge in [-0.1, -0.05) is 12.6 Å². The maximum absolute atomic E-state index is 14.8. The van der Waals surface area contributed by atoms with Crippen LogP contribution in [0.3, 0.4) is 0 Å². The van der Waals surface area contributed by atoms with Crippen molar-refractivity contribution in [2.75, 3.05) is 50.5 Å². The highest BCUT2D eigenvalue weighted by Crippen LogP contribution is 2.31. The van der Waals surface area contributed by atoms with E-state index >= 15 is 0 Å². The predicted octanol–water partition coefficient (Wildman–Crippen LogP) is 1.13. The number of halogens is 1. The van der Waals surface area contributed by atoms with Crippen LogP contribution in [-0.2, 0) is 14.5 Å². The molecular weight excluding hydrogens is 367 g/mol. The number of piperazine rings is 1. The van der Waals surface area contributed by atoms with Gasteiger partial charge in [0.25, 0.3) is 0 Å². The van der Waals surface area contributed by atoms with Crippen molar-refractivity contribution < 1.29 is 13.4 Å². The second kappa shape index (κ2) is 7.74. The molecule has 6 nitrogen and oxygen atoms in total. The molecule has 1 amide bonds. The smallest absolute Gasteiger partial charge is 0.208 e. The zero-order chi connectivity index (χ0) is 19.6. The Morgan fingerprint density at radius 3 is 2.59 bits per heavy atom. The second-order valence-electron chi connectivity index (χ2n) is 6.91. The molecule has 1 atom stereocenters. The highest BCUT2D eigenvalue weighted by molar-refractivity contribution is 7.97. The number of nitrogens with zero attached hydrogens (tertiary/aromatic N) is 3. The Labute approximate surface area is 160 Å². The van der Waals surface area contributed by atoms with Gasteiger partial charge in [0, 0.05) is 60.5 Å². The van der Waals surface area contributed by atoms with Crippen LogP contribution in [0.5, 0.6) is 0 Å². The minimum atomic E-state index is -2.21. The number of nitrogens with one attached hydrogen (secondary N) is 1. The molecule has 1 aromatic rings. The first-order chi connectivity index (χ1) is 12.8. The third-order valence-corrected chi connectivity index (χ3v) is 6.31. The van der Waals surface area contributed by atoms with Gasteiger partial charge in [0.2, 0.25) is 6.41 Å². The zero-order valence-corrected chi connectivity index (χ0v) is 16.3. The number of rotatable bonds is 6. The molecule has 1 unspecified atom stereocenters. The van der Waals surface area contributed by atoms with Crippen molar-refractivity contribution in [1.29, 1.82) is 0 Å². The van der Waals surface area contributed by atoms with E-state index in [1.165, 1.54) is 6.07 Å². The van der Waals surface area contributed by atoms with E-state index in [2.05, 4.69) is 17.8 Å². The Bertz CT molecular complexity index is 874. The first-order valence-electron chi connectivity index (χ1n) is 8.73. The van der Waals surface area contributed by atoms with Gasteiger partial charge in [-0.2, -0.15) is 0 Å². The first kappa shape index (κ1) is 19.4. The molecule has 1 aromatic carbocycles. The molecule has 0 aromatic heterocycles. The third-order valence-electron chi connectivity index (χ3n) is 4.85. The first-order valence-corrected chi connectivity index (χ1v) is 10.8. The highest BCUT2D eigenvalue weighted by atomic mass is 32.2. The minimum Gasteiger partial charge on any atom is -0.367 e. The van der Waals surface area contributed by atoms with Crippen LogP contribution in [0.25, 0.3) is 5.57 Å². The Morgan fingerprint density at radius 2 is 2.00 bits per heavy atom. The summed E-state index contributed by atoms with van der Waals surface area (Å²) in [4.78, 5) is 14.3. The molecule has 1 N–H and O–H groups in total. The van der Waals surface area contributed by atoms with Crippen LogP contribution in [0.15, 0.2) is 36.6 Å². The van der Waals surface area contributed by atoms with E-state index in [1.807, 2.05) is 26.4 Å². The van der Waals surface area contributed by atoms with E-state index in [0.29, 0.717) is 51.5 Å². The summed E-state index contributed by atoms with van der Waals surface area (Å²) in [6, 6.07) is 5.21. The van der Waals surface area contributed by atoms with Crippen LogP contribution >= 0.6 is 0 Å². The van der Waals surface area contributed by atoms with Crippen molar-refractivity contribution in [1.82, 2.24) is 14.5 Å². The standard InChI is InChI=1S/C19H25FN4O2S/c1-15-11-22(13-21-14-25)12-17(15)16-4-5-19(18(20)10-16)23-6-8-24(9-7-23)27(2,3)26/h4-5,10,12,14H,1-2,6-9,11,13H2,3H3,(H,21,25). The summed E-state index contributed by atoms with van der Waals surface area (Å²) in [5.41, 5.74) is 3.08. The van der Waals surface area contributed by atoms with Gasteiger partial charge in [-0.3, -0.25) is 9.00 Å². The fraction of sp³-hybridized carbons (Fsp3) is 0.368. The molecule has 0 bridgehead atoms. The molecule has 8 heteroatoms. The second-order valence-corrected chi connectivity index (χ2v) is 9.35. The molecule has 1 saturated heterocycles. The molecule has 3 rings (SSSR count). The number of amides is 1. The van der Waals surface area contributed by atoms with Crippen LogP contribution in [-0.4, -0.2) is 71.3 Å². The van der Waals surface area contributed by atoms with Crippen LogP contribution in [0.2, 0.25) is 0 Å². The van der Waals surface area contributed by atoms with Crippen LogP contribution < -0.4 is 10.2 Å². The van der Waals surface area contributed by atoms with E-state index in [9.17, 15) is 13.4 Å². The summed E-state index contributed by atoms with van der Waals surface area (Å²) in [5, 5.41) is 2.61. The van der Waals surface area contributed by atoms with Crippen molar-refractivity contribution in [3.63, 3.8) is 0 Å². The number of benzene rings is 1. The third kappa shape index (κ3) is 4.33. The van der Waals surface area contributed by atoms with Gasteiger partial charge in [0.1, 0.15) is 5.82 Å². The summed E-state index contributed by atoms with van der Waals surface area (Å²) in [6.45, 7) is 7.45. The average Bonchev–Trinajstić information content (AvgIpc) is 3.00. The van der Waals surface area contributed by atoms with Crippen LogP contribution in [0.4, 0.5) is 10.1 Å². The Morgan fingerprint density at radius 1 is 1.30 bits per heavy atom. The van der Waals surface area contributed by atoms with Gasteiger partial charge in [-0.15, -0.1) is 0 Å². The topological polar surface area (TPSA) is 55.9 Å². The van der Waals surface area contributed by atoms with E-state index in [1.54, 1.807) is 12.3 Å². The summed E-state index contributed by atoms with van der Waals surface area (Å²) < 4.78 is 28.7. The fourth-order valence-electron chi connectivity index (χ4n) is 3.43. The van der Waals surface area contributed by atoms with Crippen molar-refractivity contribution in [3.05, 3.63) is 47.9 Å². The van der Waals surface area contributed by atoms with Gasteiger partial charge < -0.3 is 15.1 Å². The number of carbonyl (C=O) groups excluding carboxylic acids is 1. The molecule has 0 radical (unpaired) electrons. The molecule has 27 heavy (non-hydrogen) atoms. The van der Waals surface area contributed by atoms with Crippen molar-refractivity contribution in [2.45, 2.75) is 0 Å². The highest BCUT2D eigenvalue weighted by Gasteiger charge is 2.23. The monoisotopic (exact) mass is 392 g/mol. The van der Waals surface area contributed by atoms with Gasteiger partial charge >= 0.3 is 0 Å². The number of hydrogen-bond acceptors (Lipinski definition) is 4. The van der Waals surface area contributed by atoms with Gasteiger partial charge in [-0.05, 0) is 29.1 Å². The molecule has 1 fully saturated rings. The lowest BCUT2D eigenvalue weighted by Crippen LogP contribution is -2.48. The van der Waals surface area contributed by atoms with Gasteiger partial charge in [0.05, 0.1) is 12.4 Å². The average molecular weight is 393 g/mol. The Balaban J connectivity index is 1.73. The molecule has 0 saturated carbocycles. The molecule has 0 aliphatic carbocycles. The number of carbonyl (C=O) groups is 1. The summed E-state index contributed by atoms with van der Waals surface area (Å²) in [5.74, 6) is 3.43. The lowest BCUT2D eigenvalue weighted by molar-refractivity contribution is -0.109. The lowest BCUT2D eigenvalue weighted by Gasteiger charge is -2.36. The number of anilines is 1. The maximum Gasteiger partial charge on any atom is 0.208 e. The Kier molecular flexibility index (Phi) is 5.57. The molecular formula is C19H25FN4O2S. The van der Waals surface area contributed by atoms with Crippen molar-refractivity contribution in [3.8, 4) is 0 Å². The maximum atomic E-state index is 14.8. The van der Waals surface area contributed by atoms with Crippen molar-refractivity contribution in [2.24, 2.45) is 0 Å². The van der Waals surface area contributed by atoms with Crippen LogP contribution in [0.1, 0.15) is 5.56 Å².